The van der Waals surface area contributed by atoms with Gasteiger partial charge in [0.1, 0.15) is 12.4 Å². The molecule has 3 rings (SSSR count). The van der Waals surface area contributed by atoms with Crippen molar-refractivity contribution in [2.45, 2.75) is 12.8 Å². The number of nitrogens with one attached hydrogen (secondary N) is 1. The van der Waals surface area contributed by atoms with Crippen LogP contribution in [0.2, 0.25) is 0 Å². The maximum atomic E-state index is 12.3. The second-order valence-corrected chi connectivity index (χ2v) is 5.84. The minimum Gasteiger partial charge on any atom is -1.00 e. The molecule has 0 aliphatic heterocycles. The van der Waals surface area contributed by atoms with Gasteiger partial charge in [-0.2, -0.15) is 0 Å². The lowest BCUT2D eigenvalue weighted by atomic mass is 10.1. The lowest BCUT2D eigenvalue weighted by molar-refractivity contribution is -0.130. The molecule has 0 unspecified atom stereocenters. The first-order valence-corrected chi connectivity index (χ1v) is 8.21. The van der Waals surface area contributed by atoms with Crippen molar-refractivity contribution in [3.63, 3.8) is 0 Å². The largest absolute Gasteiger partial charge is 1.00 e. The number of aromatic nitrogens is 1. The standard InChI is InChI=1S/C20H22N2O2.ClH/c1-22(13-14-24-17-7-3-2-4-8-17)20(23)12-11-16-15-21-19-10-6-5-9-18(16)19;/h2-10,15,21H,11-14H2,1H3;1H/p-1. The molecule has 1 aromatic heterocycles. The van der Waals surface area contributed by atoms with E-state index in [1.165, 1.54) is 10.9 Å². The molecule has 0 aliphatic rings. The van der Waals surface area contributed by atoms with Crippen molar-refractivity contribution >= 4 is 16.8 Å². The molecule has 1 N–H and O–H groups in total. The van der Waals surface area contributed by atoms with E-state index in [0.29, 0.717) is 19.6 Å². The topological polar surface area (TPSA) is 45.3 Å². The molecule has 2 aromatic carbocycles. The number of carbonyl (C=O) groups is 1. The summed E-state index contributed by atoms with van der Waals surface area (Å²) in [6.07, 6.45) is 3.24. The van der Waals surface area contributed by atoms with Crippen molar-refractivity contribution in [3.05, 3.63) is 66.4 Å². The Morgan fingerprint density at radius 3 is 2.60 bits per heavy atom. The molecule has 0 bridgehead atoms. The zero-order valence-corrected chi connectivity index (χ0v) is 15.0. The van der Waals surface area contributed by atoms with Gasteiger partial charge in [-0.15, -0.1) is 0 Å². The van der Waals surface area contributed by atoms with Gasteiger partial charge in [0.2, 0.25) is 5.91 Å². The van der Waals surface area contributed by atoms with Crippen LogP contribution in [0.5, 0.6) is 5.75 Å². The SMILES string of the molecule is CN(CCOc1ccccc1)C(=O)CCc1c[nH]c2ccccc12.[Cl-]. The molecular formula is C20H22ClN2O2-. The van der Waals surface area contributed by atoms with Crippen molar-refractivity contribution in [1.82, 2.24) is 9.88 Å². The summed E-state index contributed by atoms with van der Waals surface area (Å²) in [6.45, 7) is 1.08. The van der Waals surface area contributed by atoms with Gasteiger partial charge in [-0.05, 0) is 30.2 Å². The van der Waals surface area contributed by atoms with Crippen LogP contribution in [0.25, 0.3) is 10.9 Å². The Hall–Kier alpha value is -2.46. The minimum absolute atomic E-state index is 0. The predicted octanol–water partition coefficient (Wildman–Crippen LogP) is 0.642. The smallest absolute Gasteiger partial charge is 0.222 e. The number of ether oxygens (including phenoxy) is 1. The number of likely N-dealkylation sites (N-methyl/N-ethyl adjacent to an activating group) is 1. The number of aryl methyl sites for hydroxylation is 1. The zero-order chi connectivity index (χ0) is 16.8. The first-order chi connectivity index (χ1) is 11.7. The minimum atomic E-state index is 0. The van der Waals surface area contributed by atoms with Crippen molar-refractivity contribution < 1.29 is 21.9 Å². The Morgan fingerprint density at radius 1 is 1.08 bits per heavy atom. The summed E-state index contributed by atoms with van der Waals surface area (Å²) in [5.74, 6) is 0.967. The molecule has 0 saturated carbocycles. The molecular weight excluding hydrogens is 336 g/mol. The van der Waals surface area contributed by atoms with Crippen LogP contribution in [0.15, 0.2) is 60.8 Å². The number of hydrogen-bond donors (Lipinski definition) is 1. The average Bonchev–Trinajstić information content (AvgIpc) is 3.03. The fourth-order valence-electron chi connectivity index (χ4n) is 2.71. The van der Waals surface area contributed by atoms with Gasteiger partial charge in [0.05, 0.1) is 6.54 Å². The van der Waals surface area contributed by atoms with Crippen LogP contribution in [0, 0.1) is 0 Å². The van der Waals surface area contributed by atoms with Gasteiger partial charge in [0, 0.05) is 30.6 Å². The summed E-state index contributed by atoms with van der Waals surface area (Å²) in [4.78, 5) is 17.3. The van der Waals surface area contributed by atoms with Gasteiger partial charge >= 0.3 is 0 Å². The first-order valence-electron chi connectivity index (χ1n) is 8.21. The van der Waals surface area contributed by atoms with Gasteiger partial charge in [-0.25, -0.2) is 0 Å². The number of para-hydroxylation sites is 2. The number of H-pyrrole nitrogens is 1. The molecule has 4 nitrogen and oxygen atoms in total. The monoisotopic (exact) mass is 357 g/mol. The summed E-state index contributed by atoms with van der Waals surface area (Å²) in [5, 5.41) is 1.19. The van der Waals surface area contributed by atoms with E-state index in [1.54, 1.807) is 4.90 Å². The summed E-state index contributed by atoms with van der Waals surface area (Å²) in [7, 11) is 1.83. The third-order valence-corrected chi connectivity index (χ3v) is 4.15. The van der Waals surface area contributed by atoms with E-state index in [9.17, 15) is 4.79 Å². The van der Waals surface area contributed by atoms with Crippen molar-refractivity contribution in [3.8, 4) is 5.75 Å². The molecule has 0 radical (unpaired) electrons. The third kappa shape index (κ3) is 5.00. The molecule has 0 fully saturated rings. The van der Waals surface area contributed by atoms with E-state index < -0.39 is 0 Å². The molecule has 132 valence electrons. The number of nitrogens with zero attached hydrogens (tertiary/aromatic N) is 1. The summed E-state index contributed by atoms with van der Waals surface area (Å²) in [6, 6.07) is 17.8. The van der Waals surface area contributed by atoms with E-state index in [4.69, 9.17) is 4.74 Å². The first kappa shape index (κ1) is 18.9. The van der Waals surface area contributed by atoms with Crippen molar-refractivity contribution in [2.75, 3.05) is 20.2 Å². The highest BCUT2D eigenvalue weighted by atomic mass is 35.5. The van der Waals surface area contributed by atoms with Crippen LogP contribution >= 0.6 is 0 Å². The molecule has 1 amide bonds. The number of hydrogen-bond acceptors (Lipinski definition) is 2. The molecule has 0 aliphatic carbocycles. The maximum absolute atomic E-state index is 12.3. The van der Waals surface area contributed by atoms with Gasteiger partial charge in [0.15, 0.2) is 0 Å². The van der Waals surface area contributed by atoms with E-state index in [2.05, 4.69) is 11.1 Å². The molecule has 25 heavy (non-hydrogen) atoms. The van der Waals surface area contributed by atoms with Crippen LogP contribution in [0.1, 0.15) is 12.0 Å². The zero-order valence-electron chi connectivity index (χ0n) is 14.2. The molecule has 0 spiro atoms. The molecule has 5 heteroatoms. The number of amides is 1. The number of fused-ring (bicyclic) bond motifs is 1. The second-order valence-electron chi connectivity index (χ2n) is 5.84. The lowest BCUT2D eigenvalue weighted by Crippen LogP contribution is -3.00. The normalized spacial score (nSPS) is 10.3. The van der Waals surface area contributed by atoms with Gasteiger partial charge < -0.3 is 27.0 Å². The number of halogens is 1. The number of carbonyl (C=O) groups excluding carboxylic acids is 1. The van der Waals surface area contributed by atoms with Crippen LogP contribution < -0.4 is 17.1 Å². The predicted molar refractivity (Wildman–Crippen MR) is 96.2 cm³/mol. The Kier molecular flexibility index (Phi) is 6.90. The summed E-state index contributed by atoms with van der Waals surface area (Å²) in [5.41, 5.74) is 2.30. The Bertz CT molecular complexity index is 802. The van der Waals surface area contributed by atoms with Crippen LogP contribution in [-0.2, 0) is 11.2 Å². The third-order valence-electron chi connectivity index (χ3n) is 4.15. The van der Waals surface area contributed by atoms with E-state index in [-0.39, 0.29) is 18.3 Å². The maximum Gasteiger partial charge on any atom is 0.222 e. The quantitative estimate of drug-likeness (QED) is 0.674. The van der Waals surface area contributed by atoms with Crippen LogP contribution in [-0.4, -0.2) is 36.0 Å². The number of aromatic amines is 1. The highest BCUT2D eigenvalue weighted by Gasteiger charge is 2.11. The summed E-state index contributed by atoms with van der Waals surface area (Å²) < 4.78 is 5.64. The van der Waals surface area contributed by atoms with E-state index in [1.807, 2.05) is 61.8 Å². The highest BCUT2D eigenvalue weighted by Crippen LogP contribution is 2.19. The van der Waals surface area contributed by atoms with E-state index >= 15 is 0 Å². The number of benzene rings is 2. The second kappa shape index (κ2) is 9.14. The summed E-state index contributed by atoms with van der Waals surface area (Å²) >= 11 is 0. The lowest BCUT2D eigenvalue weighted by Gasteiger charge is -2.17. The number of rotatable bonds is 7. The molecule has 1 heterocycles. The van der Waals surface area contributed by atoms with Gasteiger partial charge in [-0.1, -0.05) is 36.4 Å². The highest BCUT2D eigenvalue weighted by molar-refractivity contribution is 5.84. The molecule has 0 atom stereocenters. The van der Waals surface area contributed by atoms with Crippen LogP contribution in [0.3, 0.4) is 0 Å². The Morgan fingerprint density at radius 2 is 1.80 bits per heavy atom. The average molecular weight is 358 g/mol. The molecule has 3 aromatic rings. The fourth-order valence-corrected chi connectivity index (χ4v) is 2.71. The van der Waals surface area contributed by atoms with Crippen LogP contribution in [0.4, 0.5) is 0 Å². The van der Waals surface area contributed by atoms with Crippen molar-refractivity contribution in [1.29, 1.82) is 0 Å². The van der Waals surface area contributed by atoms with Gasteiger partial charge in [-0.3, -0.25) is 4.79 Å². The van der Waals surface area contributed by atoms with Gasteiger partial charge in [0.25, 0.3) is 0 Å². The Labute approximate surface area is 154 Å². The molecule has 0 saturated heterocycles. The van der Waals surface area contributed by atoms with Crippen molar-refractivity contribution in [2.24, 2.45) is 0 Å². The fraction of sp³-hybridized carbons (Fsp3) is 0.250. The van der Waals surface area contributed by atoms with E-state index in [0.717, 1.165) is 17.7 Å². The Balaban J connectivity index is 0.00000225.